The fourth-order valence-corrected chi connectivity index (χ4v) is 5.34. The predicted octanol–water partition coefficient (Wildman–Crippen LogP) is 3.88. The number of amides is 1. The van der Waals surface area contributed by atoms with Crippen LogP contribution in [0, 0.1) is 5.41 Å². The fourth-order valence-electron chi connectivity index (χ4n) is 3.43. The average Bonchev–Trinajstić information content (AvgIpc) is 2.72. The van der Waals surface area contributed by atoms with Gasteiger partial charge in [-0.1, -0.05) is 62.7 Å². The number of nitrogens with zero attached hydrogens (tertiary/aromatic N) is 1. The van der Waals surface area contributed by atoms with E-state index in [1.165, 1.54) is 16.4 Å². The molecular weight excluding hydrogens is 424 g/mol. The van der Waals surface area contributed by atoms with Gasteiger partial charge in [0, 0.05) is 18.7 Å². The number of benzene rings is 2. The zero-order valence-corrected chi connectivity index (χ0v) is 19.0. The summed E-state index contributed by atoms with van der Waals surface area (Å²) >= 11 is 6.21. The Morgan fingerprint density at radius 3 is 2.33 bits per heavy atom. The van der Waals surface area contributed by atoms with Gasteiger partial charge in [0.15, 0.2) is 0 Å². The lowest BCUT2D eigenvalue weighted by Gasteiger charge is -2.32. The van der Waals surface area contributed by atoms with Crippen LogP contribution in [0.2, 0.25) is 5.02 Å². The minimum absolute atomic E-state index is 0.0641. The van der Waals surface area contributed by atoms with E-state index in [0.717, 1.165) is 5.56 Å². The summed E-state index contributed by atoms with van der Waals surface area (Å²) in [5, 5.41) is 3.15. The van der Waals surface area contributed by atoms with Crippen molar-refractivity contribution in [3.8, 4) is 0 Å². The van der Waals surface area contributed by atoms with Gasteiger partial charge in [0.25, 0.3) is 5.91 Å². The smallest absolute Gasteiger partial charge is 0.251 e. The summed E-state index contributed by atoms with van der Waals surface area (Å²) in [6.45, 7) is 7.32. The molecule has 1 N–H and O–H groups in total. The number of sulfonamides is 1. The summed E-state index contributed by atoms with van der Waals surface area (Å²) in [7, 11) is -3.82. The quantitative estimate of drug-likeness (QED) is 0.750. The molecule has 1 amide bonds. The first-order valence-corrected chi connectivity index (χ1v) is 11.7. The Bertz CT molecular complexity index is 998. The third-order valence-corrected chi connectivity index (χ3v) is 7.44. The highest BCUT2D eigenvalue weighted by atomic mass is 35.5. The van der Waals surface area contributed by atoms with Gasteiger partial charge < -0.3 is 10.1 Å². The maximum absolute atomic E-state index is 13.1. The van der Waals surface area contributed by atoms with Crippen LogP contribution in [0.3, 0.4) is 0 Å². The molecule has 2 aromatic carbocycles. The molecule has 0 aliphatic carbocycles. The van der Waals surface area contributed by atoms with E-state index >= 15 is 0 Å². The van der Waals surface area contributed by atoms with E-state index in [1.54, 1.807) is 6.07 Å². The molecule has 1 fully saturated rings. The van der Waals surface area contributed by atoms with Gasteiger partial charge in [-0.25, -0.2) is 8.42 Å². The van der Waals surface area contributed by atoms with Crippen molar-refractivity contribution in [2.24, 2.45) is 5.41 Å². The summed E-state index contributed by atoms with van der Waals surface area (Å²) in [6.07, 6.45) is 0. The zero-order chi connectivity index (χ0) is 21.9. The highest BCUT2D eigenvalue weighted by Crippen LogP contribution is 2.33. The minimum Gasteiger partial charge on any atom is -0.379 e. The molecule has 1 aliphatic heterocycles. The van der Waals surface area contributed by atoms with E-state index in [1.807, 2.05) is 51.1 Å². The third-order valence-electron chi connectivity index (χ3n) is 5.06. The summed E-state index contributed by atoms with van der Waals surface area (Å²) in [5.74, 6) is -0.353. The predicted molar refractivity (Wildman–Crippen MR) is 117 cm³/mol. The van der Waals surface area contributed by atoms with E-state index in [0.29, 0.717) is 13.2 Å². The van der Waals surface area contributed by atoms with E-state index in [4.69, 9.17) is 16.3 Å². The monoisotopic (exact) mass is 450 g/mol. The van der Waals surface area contributed by atoms with Crippen molar-refractivity contribution in [3.63, 3.8) is 0 Å². The van der Waals surface area contributed by atoms with Crippen LogP contribution in [0.1, 0.15) is 42.7 Å². The Hall–Kier alpha value is -1.93. The van der Waals surface area contributed by atoms with Crippen molar-refractivity contribution in [2.75, 3.05) is 26.3 Å². The van der Waals surface area contributed by atoms with Gasteiger partial charge in [0.05, 0.1) is 24.3 Å². The second kappa shape index (κ2) is 9.06. The highest BCUT2D eigenvalue weighted by molar-refractivity contribution is 7.89. The van der Waals surface area contributed by atoms with Crippen molar-refractivity contribution >= 4 is 27.5 Å². The summed E-state index contributed by atoms with van der Waals surface area (Å²) in [5.41, 5.74) is 0.983. The molecule has 0 radical (unpaired) electrons. The number of hydrogen-bond acceptors (Lipinski definition) is 4. The molecule has 162 valence electrons. The molecule has 0 saturated carbocycles. The van der Waals surface area contributed by atoms with Crippen LogP contribution in [0.25, 0.3) is 0 Å². The van der Waals surface area contributed by atoms with Crippen molar-refractivity contribution in [2.45, 2.75) is 31.7 Å². The largest absolute Gasteiger partial charge is 0.379 e. The van der Waals surface area contributed by atoms with Crippen molar-refractivity contribution in [1.82, 2.24) is 9.62 Å². The second-order valence-electron chi connectivity index (χ2n) is 8.34. The number of rotatable bonds is 5. The maximum atomic E-state index is 13.1. The lowest BCUT2D eigenvalue weighted by molar-refractivity contribution is 0.0730. The number of carbonyl (C=O) groups is 1. The SMILES string of the molecule is CC(C)(C)C(NC(=O)c1ccc(Cl)c(S(=O)(=O)N2CCOCC2)c1)c1ccccc1. The molecule has 1 unspecified atom stereocenters. The number of nitrogens with one attached hydrogen (secondary N) is 1. The Morgan fingerprint density at radius 1 is 1.10 bits per heavy atom. The van der Waals surface area contributed by atoms with Crippen LogP contribution in [-0.4, -0.2) is 44.9 Å². The van der Waals surface area contributed by atoms with Gasteiger partial charge >= 0.3 is 0 Å². The third kappa shape index (κ3) is 5.03. The molecule has 3 rings (SSSR count). The average molecular weight is 451 g/mol. The number of morpholine rings is 1. The Morgan fingerprint density at radius 2 is 1.73 bits per heavy atom. The normalized spacial score (nSPS) is 16.8. The minimum atomic E-state index is -3.82. The summed E-state index contributed by atoms with van der Waals surface area (Å²) in [6, 6.07) is 13.8. The highest BCUT2D eigenvalue weighted by Gasteiger charge is 2.31. The van der Waals surface area contributed by atoms with Gasteiger partial charge in [-0.05, 0) is 29.2 Å². The molecule has 1 heterocycles. The summed E-state index contributed by atoms with van der Waals surface area (Å²) < 4.78 is 32.7. The number of carbonyl (C=O) groups excluding carboxylic acids is 1. The molecular formula is C22H27ClN2O4S. The van der Waals surface area contributed by atoms with Crippen LogP contribution in [0.5, 0.6) is 0 Å². The van der Waals surface area contributed by atoms with E-state index in [9.17, 15) is 13.2 Å². The van der Waals surface area contributed by atoms with E-state index < -0.39 is 10.0 Å². The standard InChI is InChI=1S/C22H27ClN2O4S/c1-22(2,3)20(16-7-5-4-6-8-16)24-21(26)17-9-10-18(23)19(15-17)30(27,28)25-11-13-29-14-12-25/h4-10,15,20H,11-14H2,1-3H3,(H,24,26). The van der Waals surface area contributed by atoms with Gasteiger partial charge in [0.2, 0.25) is 10.0 Å². The van der Waals surface area contributed by atoms with E-state index in [-0.39, 0.29) is 45.9 Å². The molecule has 6 nitrogen and oxygen atoms in total. The molecule has 0 bridgehead atoms. The number of hydrogen-bond donors (Lipinski definition) is 1. The fraction of sp³-hybridized carbons (Fsp3) is 0.409. The van der Waals surface area contributed by atoms with Crippen LogP contribution < -0.4 is 5.32 Å². The van der Waals surface area contributed by atoms with Crippen molar-refractivity contribution in [1.29, 1.82) is 0 Å². The van der Waals surface area contributed by atoms with Gasteiger partial charge in [-0.2, -0.15) is 4.31 Å². The second-order valence-corrected chi connectivity index (χ2v) is 10.7. The lowest BCUT2D eigenvalue weighted by atomic mass is 9.82. The Balaban J connectivity index is 1.90. The van der Waals surface area contributed by atoms with Crippen molar-refractivity contribution < 1.29 is 17.9 Å². The maximum Gasteiger partial charge on any atom is 0.251 e. The van der Waals surface area contributed by atoms with Crippen molar-refractivity contribution in [3.05, 3.63) is 64.7 Å². The number of ether oxygens (including phenoxy) is 1. The summed E-state index contributed by atoms with van der Waals surface area (Å²) in [4.78, 5) is 13.0. The molecule has 1 aliphatic rings. The number of halogens is 1. The lowest BCUT2D eigenvalue weighted by Crippen LogP contribution is -2.41. The van der Waals surface area contributed by atoms with Gasteiger partial charge in [-0.3, -0.25) is 4.79 Å². The molecule has 2 aromatic rings. The Labute approximate surface area is 183 Å². The van der Waals surface area contributed by atoms with Crippen LogP contribution in [-0.2, 0) is 14.8 Å². The molecule has 30 heavy (non-hydrogen) atoms. The first kappa shape index (κ1) is 22.7. The molecule has 1 saturated heterocycles. The molecule has 0 aromatic heterocycles. The topological polar surface area (TPSA) is 75.7 Å². The molecule has 8 heteroatoms. The van der Waals surface area contributed by atoms with Gasteiger partial charge in [-0.15, -0.1) is 0 Å². The first-order chi connectivity index (χ1) is 14.1. The van der Waals surface area contributed by atoms with Crippen LogP contribution in [0.4, 0.5) is 0 Å². The van der Waals surface area contributed by atoms with E-state index in [2.05, 4.69) is 5.32 Å². The van der Waals surface area contributed by atoms with Crippen LogP contribution in [0.15, 0.2) is 53.4 Å². The van der Waals surface area contributed by atoms with Crippen LogP contribution >= 0.6 is 11.6 Å². The van der Waals surface area contributed by atoms with Gasteiger partial charge in [0.1, 0.15) is 4.90 Å². The Kier molecular flexibility index (Phi) is 6.87. The molecule has 1 atom stereocenters. The molecule has 0 spiro atoms. The zero-order valence-electron chi connectivity index (χ0n) is 17.4. The first-order valence-electron chi connectivity index (χ1n) is 9.84.